The lowest BCUT2D eigenvalue weighted by atomic mass is 10.0. The van der Waals surface area contributed by atoms with Crippen LogP contribution in [0.5, 0.6) is 0 Å². The van der Waals surface area contributed by atoms with Crippen molar-refractivity contribution in [3.63, 3.8) is 0 Å². The summed E-state index contributed by atoms with van der Waals surface area (Å²) >= 11 is 1.43. The topological polar surface area (TPSA) is 112 Å². The van der Waals surface area contributed by atoms with Gasteiger partial charge >= 0.3 is 0 Å². The molecule has 0 spiro atoms. The second-order valence-electron chi connectivity index (χ2n) is 9.50. The number of H-pyrrole nitrogens is 1. The van der Waals surface area contributed by atoms with Crippen LogP contribution >= 0.6 is 11.3 Å². The SMILES string of the molecule is O=C(Nc1nccs1)[C@@H]1CCCCN1c1nc2c(c(Nc3cc(C4CCCC4)[nH]n3)n1)CCC2. The maximum Gasteiger partial charge on any atom is 0.248 e. The Labute approximate surface area is 202 Å². The van der Waals surface area contributed by atoms with Crippen molar-refractivity contribution in [3.05, 3.63) is 34.6 Å². The van der Waals surface area contributed by atoms with Crippen LogP contribution in [0.3, 0.4) is 0 Å². The quantitative estimate of drug-likeness (QED) is 0.477. The third-order valence-electron chi connectivity index (χ3n) is 7.29. The number of rotatable bonds is 6. The van der Waals surface area contributed by atoms with E-state index < -0.39 is 0 Å². The van der Waals surface area contributed by atoms with Crippen molar-refractivity contribution in [2.24, 2.45) is 0 Å². The van der Waals surface area contributed by atoms with Crippen LogP contribution in [0, 0.1) is 0 Å². The van der Waals surface area contributed by atoms with E-state index in [4.69, 9.17) is 9.97 Å². The largest absolute Gasteiger partial charge is 0.329 e. The van der Waals surface area contributed by atoms with Gasteiger partial charge in [0.2, 0.25) is 11.9 Å². The van der Waals surface area contributed by atoms with Gasteiger partial charge in [0, 0.05) is 41.4 Å². The third kappa shape index (κ3) is 4.26. The summed E-state index contributed by atoms with van der Waals surface area (Å²) in [4.78, 5) is 29.3. The maximum absolute atomic E-state index is 13.1. The minimum Gasteiger partial charge on any atom is -0.329 e. The molecule has 9 nitrogen and oxygen atoms in total. The van der Waals surface area contributed by atoms with Gasteiger partial charge in [0.1, 0.15) is 11.9 Å². The number of aromatic amines is 1. The van der Waals surface area contributed by atoms with Crippen molar-refractivity contribution in [1.29, 1.82) is 0 Å². The van der Waals surface area contributed by atoms with Gasteiger partial charge in [-0.1, -0.05) is 12.8 Å². The molecule has 34 heavy (non-hydrogen) atoms. The van der Waals surface area contributed by atoms with Crippen LogP contribution in [0.2, 0.25) is 0 Å². The molecule has 0 radical (unpaired) electrons. The first-order chi connectivity index (χ1) is 16.7. The maximum atomic E-state index is 13.1. The number of carbonyl (C=O) groups excluding carboxylic acids is 1. The predicted octanol–water partition coefficient (Wildman–Crippen LogP) is 4.54. The van der Waals surface area contributed by atoms with Crippen LogP contribution in [0.25, 0.3) is 0 Å². The number of aryl methyl sites for hydroxylation is 1. The van der Waals surface area contributed by atoms with Gasteiger partial charge in [-0.05, 0) is 51.4 Å². The molecule has 1 atom stereocenters. The molecule has 1 saturated carbocycles. The molecule has 2 fully saturated rings. The fourth-order valence-corrected chi connectivity index (χ4v) is 6.07. The molecule has 1 aliphatic heterocycles. The van der Waals surface area contributed by atoms with Crippen LogP contribution in [-0.4, -0.2) is 43.6 Å². The number of hydrogen-bond acceptors (Lipinski definition) is 8. The molecule has 4 heterocycles. The van der Waals surface area contributed by atoms with Gasteiger partial charge < -0.3 is 15.5 Å². The van der Waals surface area contributed by atoms with Gasteiger partial charge in [-0.25, -0.2) is 9.97 Å². The molecule has 0 unspecified atom stereocenters. The van der Waals surface area contributed by atoms with Gasteiger partial charge in [-0.15, -0.1) is 11.3 Å². The zero-order valence-corrected chi connectivity index (χ0v) is 20.0. The number of piperidine rings is 1. The minimum atomic E-state index is -0.302. The number of thiazole rings is 1. The van der Waals surface area contributed by atoms with E-state index in [1.807, 2.05) is 5.38 Å². The number of anilines is 4. The van der Waals surface area contributed by atoms with Crippen molar-refractivity contribution >= 4 is 40.0 Å². The van der Waals surface area contributed by atoms with Gasteiger partial charge in [0.05, 0.1) is 5.69 Å². The molecule has 3 aromatic heterocycles. The van der Waals surface area contributed by atoms with Crippen LogP contribution in [-0.2, 0) is 17.6 Å². The monoisotopic (exact) mass is 478 g/mol. The first kappa shape index (κ1) is 21.5. The Bertz CT molecular complexity index is 1150. The normalized spacial score (nSPS) is 20.5. The third-order valence-corrected chi connectivity index (χ3v) is 7.97. The molecule has 3 aromatic rings. The van der Waals surface area contributed by atoms with Gasteiger partial charge in [-0.3, -0.25) is 9.89 Å². The average Bonchev–Trinajstić information content (AvgIpc) is 3.66. The summed E-state index contributed by atoms with van der Waals surface area (Å²) in [5, 5.41) is 16.7. The Balaban J connectivity index is 1.27. The number of carbonyl (C=O) groups is 1. The van der Waals surface area contributed by atoms with Gasteiger partial charge in [0.25, 0.3) is 0 Å². The van der Waals surface area contributed by atoms with E-state index >= 15 is 0 Å². The average molecular weight is 479 g/mol. The lowest BCUT2D eigenvalue weighted by molar-refractivity contribution is -0.117. The molecule has 1 amide bonds. The van der Waals surface area contributed by atoms with E-state index in [1.54, 1.807) is 6.20 Å². The Morgan fingerprint density at radius 1 is 1.09 bits per heavy atom. The molecular formula is C24H30N8OS. The second-order valence-corrected chi connectivity index (χ2v) is 10.4. The van der Waals surface area contributed by atoms with Crippen molar-refractivity contribution in [2.75, 3.05) is 22.1 Å². The molecule has 178 valence electrons. The van der Waals surface area contributed by atoms with E-state index in [1.165, 1.54) is 48.3 Å². The molecule has 3 N–H and O–H groups in total. The summed E-state index contributed by atoms with van der Waals surface area (Å²) in [6.45, 7) is 0.766. The standard InChI is InChI=1S/C24H30N8OS/c33-22(29-24-25-11-13-34-24)19-10-3-4-12-32(19)23-26-17-9-5-8-16(17)21(28-23)27-20-14-18(30-31-20)15-6-1-2-7-15/h11,13-15,19H,1-10,12H2,(H,25,29,33)(H2,26,27,28,30,31)/t19-/m0/s1. The van der Waals surface area contributed by atoms with Gasteiger partial charge in [-0.2, -0.15) is 10.1 Å². The number of aromatic nitrogens is 5. The number of nitrogens with one attached hydrogen (secondary N) is 3. The highest BCUT2D eigenvalue weighted by Gasteiger charge is 2.33. The molecule has 0 aromatic carbocycles. The van der Waals surface area contributed by atoms with E-state index in [-0.39, 0.29) is 11.9 Å². The molecule has 10 heteroatoms. The Hall–Kier alpha value is -3.01. The Morgan fingerprint density at radius 3 is 2.82 bits per heavy atom. The van der Waals surface area contributed by atoms with E-state index in [2.05, 4.69) is 36.8 Å². The fourth-order valence-electron chi connectivity index (χ4n) is 5.54. The summed E-state index contributed by atoms with van der Waals surface area (Å²) in [6, 6.07) is 1.83. The first-order valence-electron chi connectivity index (χ1n) is 12.4. The van der Waals surface area contributed by atoms with Crippen molar-refractivity contribution in [3.8, 4) is 0 Å². The molecule has 3 aliphatic rings. The number of amides is 1. The van der Waals surface area contributed by atoms with E-state index in [9.17, 15) is 4.79 Å². The zero-order valence-electron chi connectivity index (χ0n) is 19.2. The zero-order chi connectivity index (χ0) is 22.9. The van der Waals surface area contributed by atoms with E-state index in [0.717, 1.165) is 62.4 Å². The van der Waals surface area contributed by atoms with Crippen LogP contribution in [0.15, 0.2) is 17.6 Å². The highest BCUT2D eigenvalue weighted by atomic mass is 32.1. The number of hydrogen-bond donors (Lipinski definition) is 3. The molecule has 6 rings (SSSR count). The van der Waals surface area contributed by atoms with Crippen molar-refractivity contribution < 1.29 is 4.79 Å². The summed E-state index contributed by atoms with van der Waals surface area (Å²) in [7, 11) is 0. The van der Waals surface area contributed by atoms with Crippen LogP contribution in [0.1, 0.15) is 74.2 Å². The van der Waals surface area contributed by atoms with Crippen LogP contribution in [0.4, 0.5) is 22.7 Å². The molecule has 1 saturated heterocycles. The number of fused-ring (bicyclic) bond motifs is 1. The van der Waals surface area contributed by atoms with Crippen molar-refractivity contribution in [2.45, 2.75) is 76.2 Å². The summed E-state index contributed by atoms with van der Waals surface area (Å²) < 4.78 is 0. The Morgan fingerprint density at radius 2 is 1.97 bits per heavy atom. The predicted molar refractivity (Wildman–Crippen MR) is 133 cm³/mol. The lowest BCUT2D eigenvalue weighted by Crippen LogP contribution is -2.48. The summed E-state index contributed by atoms with van der Waals surface area (Å²) in [6.07, 6.45) is 12.5. The van der Waals surface area contributed by atoms with Gasteiger partial charge in [0.15, 0.2) is 10.9 Å². The highest BCUT2D eigenvalue weighted by molar-refractivity contribution is 7.13. The second kappa shape index (κ2) is 9.32. The summed E-state index contributed by atoms with van der Waals surface area (Å²) in [5.41, 5.74) is 3.47. The van der Waals surface area contributed by atoms with E-state index in [0.29, 0.717) is 17.0 Å². The van der Waals surface area contributed by atoms with Crippen molar-refractivity contribution in [1.82, 2.24) is 25.1 Å². The first-order valence-corrected chi connectivity index (χ1v) is 13.3. The molecule has 2 aliphatic carbocycles. The lowest BCUT2D eigenvalue weighted by Gasteiger charge is -2.35. The molecule has 0 bridgehead atoms. The fraction of sp³-hybridized carbons (Fsp3) is 0.542. The summed E-state index contributed by atoms with van der Waals surface area (Å²) in [5.74, 6) is 2.81. The number of nitrogens with zero attached hydrogens (tertiary/aromatic N) is 5. The molecular weight excluding hydrogens is 448 g/mol. The van der Waals surface area contributed by atoms with Crippen LogP contribution < -0.4 is 15.5 Å². The Kier molecular flexibility index (Phi) is 5.90. The smallest absolute Gasteiger partial charge is 0.248 e. The minimum absolute atomic E-state index is 0.0400. The highest BCUT2D eigenvalue weighted by Crippen LogP contribution is 2.35.